The average Bonchev–Trinajstić information content (AvgIpc) is 2.27. The first-order valence-corrected chi connectivity index (χ1v) is 7.17. The lowest BCUT2D eigenvalue weighted by atomic mass is 10.1. The van der Waals surface area contributed by atoms with Gasteiger partial charge in [-0.15, -0.1) is 0 Å². The number of ketones is 1. The highest BCUT2D eigenvalue weighted by Gasteiger charge is 2.10. The third-order valence-corrected chi connectivity index (χ3v) is 3.70. The molecule has 94 valence electrons. The van der Waals surface area contributed by atoms with Crippen LogP contribution in [0.25, 0.3) is 0 Å². The number of hydrogen-bond donors (Lipinski definition) is 1. The minimum atomic E-state index is -3.27. The molecule has 0 saturated heterocycles. The van der Waals surface area contributed by atoms with Crippen molar-refractivity contribution in [3.63, 3.8) is 0 Å². The Balaban J connectivity index is 2.88. The molecule has 0 bridgehead atoms. The van der Waals surface area contributed by atoms with Crippen molar-refractivity contribution >= 4 is 21.5 Å². The summed E-state index contributed by atoms with van der Waals surface area (Å²) in [6.07, 6.45) is 0.975. The topological polar surface area (TPSA) is 63.2 Å². The summed E-state index contributed by atoms with van der Waals surface area (Å²) in [7, 11) is -3.27. The fourth-order valence-electron chi connectivity index (χ4n) is 1.39. The van der Waals surface area contributed by atoms with Gasteiger partial charge in [0.05, 0.1) is 11.4 Å². The van der Waals surface area contributed by atoms with Crippen molar-refractivity contribution in [3.05, 3.63) is 29.8 Å². The number of Topliss-reactive ketones (excluding diaryl/α,β-unsaturated/α-hetero) is 1. The van der Waals surface area contributed by atoms with Gasteiger partial charge in [-0.3, -0.25) is 4.72 Å². The summed E-state index contributed by atoms with van der Waals surface area (Å²) in [5, 5.41) is 0. The normalized spacial score (nSPS) is 11.2. The second kappa shape index (κ2) is 5.82. The van der Waals surface area contributed by atoms with Crippen molar-refractivity contribution in [2.24, 2.45) is 0 Å². The van der Waals surface area contributed by atoms with Crippen LogP contribution in [0.15, 0.2) is 24.3 Å². The van der Waals surface area contributed by atoms with Crippen LogP contribution in [0.5, 0.6) is 0 Å². The van der Waals surface area contributed by atoms with Crippen LogP contribution >= 0.6 is 0 Å². The molecule has 0 aromatic heterocycles. The van der Waals surface area contributed by atoms with Crippen LogP contribution in [0.3, 0.4) is 0 Å². The van der Waals surface area contributed by atoms with Crippen LogP contribution in [0.2, 0.25) is 0 Å². The minimum Gasteiger partial charge on any atom is -0.300 e. The molecule has 0 fully saturated rings. The molecule has 0 aliphatic carbocycles. The van der Waals surface area contributed by atoms with Crippen molar-refractivity contribution in [2.75, 3.05) is 10.5 Å². The van der Waals surface area contributed by atoms with Crippen LogP contribution in [0.1, 0.15) is 25.8 Å². The molecule has 5 heteroatoms. The predicted molar refractivity (Wildman–Crippen MR) is 68.5 cm³/mol. The second-order valence-corrected chi connectivity index (χ2v) is 5.88. The Morgan fingerprint density at radius 1 is 1.29 bits per heavy atom. The highest BCUT2D eigenvalue weighted by molar-refractivity contribution is 7.92. The molecule has 1 aromatic rings. The number of rotatable bonds is 6. The number of anilines is 1. The van der Waals surface area contributed by atoms with Gasteiger partial charge in [-0.2, -0.15) is 0 Å². The fourth-order valence-corrected chi connectivity index (χ4v) is 2.07. The number of benzene rings is 1. The third-order valence-electron chi connectivity index (χ3n) is 2.41. The lowest BCUT2D eigenvalue weighted by molar-refractivity contribution is -0.116. The molecule has 0 heterocycles. The van der Waals surface area contributed by atoms with E-state index in [0.29, 0.717) is 18.5 Å². The van der Waals surface area contributed by atoms with Crippen LogP contribution in [0, 0.1) is 0 Å². The first-order chi connectivity index (χ1) is 7.94. The Hall–Kier alpha value is -1.36. The van der Waals surface area contributed by atoms with E-state index in [1.807, 2.05) is 12.1 Å². The molecule has 17 heavy (non-hydrogen) atoms. The summed E-state index contributed by atoms with van der Waals surface area (Å²) in [6, 6.07) is 7.14. The summed E-state index contributed by atoms with van der Waals surface area (Å²) < 4.78 is 25.5. The zero-order valence-corrected chi connectivity index (χ0v) is 10.9. The lowest BCUT2D eigenvalue weighted by Crippen LogP contribution is -2.15. The number of aryl methyl sites for hydroxylation is 1. The molecular formula is C12H17NO3S. The van der Waals surface area contributed by atoms with Gasteiger partial charge in [0.25, 0.3) is 0 Å². The number of nitrogens with one attached hydrogen (secondary N) is 1. The van der Waals surface area contributed by atoms with Crippen molar-refractivity contribution in [1.82, 2.24) is 0 Å². The highest BCUT2D eigenvalue weighted by atomic mass is 32.2. The van der Waals surface area contributed by atoms with Gasteiger partial charge in [-0.1, -0.05) is 18.2 Å². The Labute approximate surface area is 102 Å². The van der Waals surface area contributed by atoms with Crippen molar-refractivity contribution in [3.8, 4) is 0 Å². The molecular weight excluding hydrogens is 238 g/mol. The van der Waals surface area contributed by atoms with Gasteiger partial charge >= 0.3 is 0 Å². The number of sulfonamides is 1. The van der Waals surface area contributed by atoms with E-state index in [9.17, 15) is 13.2 Å². The first-order valence-electron chi connectivity index (χ1n) is 5.52. The maximum Gasteiger partial charge on any atom is 0.232 e. The number of hydrogen-bond acceptors (Lipinski definition) is 3. The van der Waals surface area contributed by atoms with E-state index in [2.05, 4.69) is 4.72 Å². The fraction of sp³-hybridized carbons (Fsp3) is 0.417. The van der Waals surface area contributed by atoms with Gasteiger partial charge in [-0.25, -0.2) is 8.42 Å². The van der Waals surface area contributed by atoms with Crippen molar-refractivity contribution in [2.45, 2.75) is 26.7 Å². The SMILES string of the molecule is CCS(=O)(=O)Nc1ccccc1CCC(C)=O. The summed E-state index contributed by atoms with van der Waals surface area (Å²) in [6.45, 7) is 3.11. The average molecular weight is 255 g/mol. The molecule has 0 unspecified atom stereocenters. The molecule has 4 nitrogen and oxygen atoms in total. The monoisotopic (exact) mass is 255 g/mol. The van der Waals surface area contributed by atoms with Crippen molar-refractivity contribution < 1.29 is 13.2 Å². The lowest BCUT2D eigenvalue weighted by Gasteiger charge is -2.10. The Morgan fingerprint density at radius 3 is 2.53 bits per heavy atom. The largest absolute Gasteiger partial charge is 0.300 e. The first kappa shape index (κ1) is 13.7. The van der Waals surface area contributed by atoms with Crippen LogP contribution in [0.4, 0.5) is 5.69 Å². The molecule has 0 atom stereocenters. The smallest absolute Gasteiger partial charge is 0.232 e. The third kappa shape index (κ3) is 4.56. The summed E-state index contributed by atoms with van der Waals surface area (Å²) in [5.41, 5.74) is 1.41. The zero-order valence-electron chi connectivity index (χ0n) is 10.1. The molecule has 0 radical (unpaired) electrons. The van der Waals surface area contributed by atoms with Crippen LogP contribution < -0.4 is 4.72 Å². The Bertz CT molecular complexity index is 494. The van der Waals surface area contributed by atoms with E-state index in [1.54, 1.807) is 19.1 Å². The van der Waals surface area contributed by atoms with E-state index >= 15 is 0 Å². The minimum absolute atomic E-state index is 0.0358. The molecule has 0 aliphatic rings. The number of carbonyl (C=O) groups excluding carboxylic acids is 1. The van der Waals surface area contributed by atoms with Gasteiger partial charge in [-0.05, 0) is 31.9 Å². The molecule has 1 aromatic carbocycles. The van der Waals surface area contributed by atoms with Gasteiger partial charge in [0.15, 0.2) is 0 Å². The maximum atomic E-state index is 11.5. The van der Waals surface area contributed by atoms with Crippen LogP contribution in [-0.2, 0) is 21.2 Å². The standard InChI is InChI=1S/C12H17NO3S/c1-3-17(15,16)13-12-7-5-4-6-11(12)9-8-10(2)14/h4-7,13H,3,8-9H2,1-2H3. The van der Waals surface area contributed by atoms with Gasteiger partial charge < -0.3 is 4.79 Å². The Morgan fingerprint density at radius 2 is 1.94 bits per heavy atom. The summed E-state index contributed by atoms with van der Waals surface area (Å²) in [4.78, 5) is 10.9. The maximum absolute atomic E-state index is 11.5. The summed E-state index contributed by atoms with van der Waals surface area (Å²) in [5.74, 6) is 0.131. The van der Waals surface area contributed by atoms with E-state index in [0.717, 1.165) is 5.56 Å². The van der Waals surface area contributed by atoms with E-state index in [1.165, 1.54) is 6.92 Å². The molecule has 0 amide bonds. The molecule has 0 aliphatic heterocycles. The second-order valence-electron chi connectivity index (χ2n) is 3.86. The predicted octanol–water partition coefficient (Wildman–Crippen LogP) is 1.97. The van der Waals surface area contributed by atoms with Gasteiger partial charge in [0, 0.05) is 6.42 Å². The number of carbonyl (C=O) groups is 1. The summed E-state index contributed by atoms with van der Waals surface area (Å²) >= 11 is 0. The number of para-hydroxylation sites is 1. The molecule has 1 rings (SSSR count). The van der Waals surface area contributed by atoms with E-state index in [4.69, 9.17) is 0 Å². The van der Waals surface area contributed by atoms with E-state index in [-0.39, 0.29) is 11.5 Å². The van der Waals surface area contributed by atoms with Crippen LogP contribution in [-0.4, -0.2) is 20.0 Å². The van der Waals surface area contributed by atoms with Crippen molar-refractivity contribution in [1.29, 1.82) is 0 Å². The zero-order chi connectivity index (χ0) is 12.9. The Kier molecular flexibility index (Phi) is 4.69. The molecule has 0 saturated carbocycles. The molecule has 0 spiro atoms. The van der Waals surface area contributed by atoms with Gasteiger partial charge in [0.1, 0.15) is 5.78 Å². The van der Waals surface area contributed by atoms with E-state index < -0.39 is 10.0 Å². The molecule has 1 N–H and O–H groups in total. The highest BCUT2D eigenvalue weighted by Crippen LogP contribution is 2.18. The van der Waals surface area contributed by atoms with Gasteiger partial charge in [0.2, 0.25) is 10.0 Å². The quantitative estimate of drug-likeness (QED) is 0.845.